The Morgan fingerprint density at radius 2 is 0.897 bits per heavy atom. The van der Waals surface area contributed by atoms with Gasteiger partial charge in [-0.25, -0.2) is 0 Å². The second kappa shape index (κ2) is 11.1. The van der Waals surface area contributed by atoms with Crippen LogP contribution in [0.3, 0.4) is 0 Å². The van der Waals surface area contributed by atoms with Crippen molar-refractivity contribution in [1.29, 1.82) is 0 Å². The number of rotatable bonds is 10. The molecule has 0 aliphatic carbocycles. The Bertz CT molecular complexity index is 774. The largest absolute Gasteiger partial charge is 0.398 e. The third-order valence-electron chi connectivity index (χ3n) is 5.58. The van der Waals surface area contributed by atoms with Gasteiger partial charge in [0.05, 0.1) is 21.4 Å². The zero-order valence-electron chi connectivity index (χ0n) is 18.4. The molecule has 4 heteroatoms. The Hall–Kier alpha value is -1.38. The lowest BCUT2D eigenvalue weighted by Gasteiger charge is -2.21. The summed E-state index contributed by atoms with van der Waals surface area (Å²) in [6.45, 7) is 8.80. The van der Waals surface area contributed by atoms with E-state index in [0.717, 1.165) is 67.8 Å². The minimum absolute atomic E-state index is 0.678. The second-order valence-corrected chi connectivity index (χ2v) is 8.72. The van der Waals surface area contributed by atoms with Gasteiger partial charge >= 0.3 is 0 Å². The van der Waals surface area contributed by atoms with Crippen LogP contribution in [0.25, 0.3) is 0 Å². The van der Waals surface area contributed by atoms with Crippen molar-refractivity contribution in [2.75, 3.05) is 11.5 Å². The van der Waals surface area contributed by atoms with Crippen molar-refractivity contribution in [3.63, 3.8) is 0 Å². The first-order chi connectivity index (χ1) is 13.9. The Morgan fingerprint density at radius 1 is 0.586 bits per heavy atom. The van der Waals surface area contributed by atoms with Gasteiger partial charge in [0.15, 0.2) is 0 Å². The van der Waals surface area contributed by atoms with Crippen molar-refractivity contribution in [3.05, 3.63) is 55.6 Å². The van der Waals surface area contributed by atoms with Gasteiger partial charge in [0.2, 0.25) is 0 Å². The molecule has 0 aromatic heterocycles. The first kappa shape index (κ1) is 23.9. The van der Waals surface area contributed by atoms with E-state index >= 15 is 0 Å². The van der Waals surface area contributed by atoms with Crippen LogP contribution in [-0.4, -0.2) is 0 Å². The molecule has 0 bridgehead atoms. The molecule has 2 rings (SSSR count). The third-order valence-corrected chi connectivity index (χ3v) is 6.47. The average Bonchev–Trinajstić information content (AvgIpc) is 2.69. The molecule has 0 aliphatic rings. The number of anilines is 2. The summed E-state index contributed by atoms with van der Waals surface area (Å²) in [4.78, 5) is 0. The minimum Gasteiger partial charge on any atom is -0.398 e. The van der Waals surface area contributed by atoms with Gasteiger partial charge in [-0.2, -0.15) is 0 Å². The van der Waals surface area contributed by atoms with Crippen LogP contribution >= 0.6 is 23.2 Å². The molecule has 0 amide bonds. The van der Waals surface area contributed by atoms with Crippen molar-refractivity contribution >= 4 is 34.6 Å². The van der Waals surface area contributed by atoms with E-state index in [4.69, 9.17) is 34.7 Å². The summed E-state index contributed by atoms with van der Waals surface area (Å²) < 4.78 is 0. The average molecular weight is 435 g/mol. The van der Waals surface area contributed by atoms with Gasteiger partial charge in [0, 0.05) is 0 Å². The lowest BCUT2D eigenvalue weighted by atomic mass is 9.86. The van der Waals surface area contributed by atoms with Crippen LogP contribution in [0, 0.1) is 0 Å². The predicted octanol–water partition coefficient (Wildman–Crippen LogP) is 7.56. The van der Waals surface area contributed by atoms with Gasteiger partial charge in [-0.05, 0) is 77.6 Å². The maximum absolute atomic E-state index is 6.62. The van der Waals surface area contributed by atoms with Gasteiger partial charge in [-0.3, -0.25) is 0 Å². The molecule has 160 valence electrons. The molecule has 2 nitrogen and oxygen atoms in total. The molecular formula is C25H36Cl2N2. The van der Waals surface area contributed by atoms with Crippen LogP contribution in [0.5, 0.6) is 0 Å². The van der Waals surface area contributed by atoms with E-state index < -0.39 is 0 Å². The summed E-state index contributed by atoms with van der Waals surface area (Å²) in [5, 5.41) is 1.46. The molecule has 0 spiro atoms. The first-order valence-electron chi connectivity index (χ1n) is 11.1. The second-order valence-electron chi connectivity index (χ2n) is 7.97. The quantitative estimate of drug-likeness (QED) is 0.378. The van der Waals surface area contributed by atoms with Crippen molar-refractivity contribution in [2.45, 2.75) is 85.5 Å². The summed E-state index contributed by atoms with van der Waals surface area (Å²) in [6, 6.07) is 4.15. The fourth-order valence-electron chi connectivity index (χ4n) is 4.34. The van der Waals surface area contributed by atoms with E-state index in [2.05, 4.69) is 39.8 Å². The number of halogens is 2. The van der Waals surface area contributed by atoms with Crippen LogP contribution in [0.1, 0.15) is 86.8 Å². The molecule has 0 unspecified atom stereocenters. The van der Waals surface area contributed by atoms with Crippen molar-refractivity contribution < 1.29 is 0 Å². The number of benzene rings is 2. The molecule has 2 aromatic rings. The highest BCUT2D eigenvalue weighted by molar-refractivity contribution is 6.34. The van der Waals surface area contributed by atoms with E-state index in [1.54, 1.807) is 0 Å². The van der Waals surface area contributed by atoms with Gasteiger partial charge in [-0.15, -0.1) is 0 Å². The summed E-state index contributed by atoms with van der Waals surface area (Å²) in [5.74, 6) is 0. The highest BCUT2D eigenvalue weighted by atomic mass is 35.5. The first-order valence-corrected chi connectivity index (χ1v) is 11.8. The number of hydrogen-bond donors (Lipinski definition) is 2. The predicted molar refractivity (Wildman–Crippen MR) is 131 cm³/mol. The highest BCUT2D eigenvalue weighted by Crippen LogP contribution is 2.36. The zero-order valence-corrected chi connectivity index (χ0v) is 19.9. The third kappa shape index (κ3) is 5.41. The minimum atomic E-state index is 0.678. The van der Waals surface area contributed by atoms with Gasteiger partial charge in [0.1, 0.15) is 0 Å². The maximum atomic E-state index is 6.62. The van der Waals surface area contributed by atoms with E-state index in [-0.39, 0.29) is 0 Å². The molecule has 0 fully saturated rings. The Balaban J connectivity index is 2.66. The molecule has 0 saturated carbocycles. The molecule has 0 atom stereocenters. The van der Waals surface area contributed by atoms with Crippen LogP contribution in [-0.2, 0) is 32.1 Å². The molecule has 0 saturated heterocycles. The Labute approximate surface area is 187 Å². The normalized spacial score (nSPS) is 11.2. The van der Waals surface area contributed by atoms with Crippen LogP contribution in [0.4, 0.5) is 11.4 Å². The maximum Gasteiger partial charge on any atom is 0.0670 e. The summed E-state index contributed by atoms with van der Waals surface area (Å²) in [7, 11) is 0. The lowest BCUT2D eigenvalue weighted by molar-refractivity contribution is 0.835. The molecule has 0 radical (unpaired) electrons. The van der Waals surface area contributed by atoms with E-state index in [0.29, 0.717) is 11.4 Å². The topological polar surface area (TPSA) is 52.0 Å². The zero-order chi connectivity index (χ0) is 21.6. The van der Waals surface area contributed by atoms with Crippen molar-refractivity contribution in [3.8, 4) is 0 Å². The van der Waals surface area contributed by atoms with E-state index in [9.17, 15) is 0 Å². The monoisotopic (exact) mass is 434 g/mol. The van der Waals surface area contributed by atoms with Gasteiger partial charge < -0.3 is 11.5 Å². The molecule has 2 aromatic carbocycles. The van der Waals surface area contributed by atoms with Crippen LogP contribution < -0.4 is 11.5 Å². The lowest BCUT2D eigenvalue weighted by Crippen LogP contribution is -2.09. The smallest absolute Gasteiger partial charge is 0.0670 e. The number of nitrogen functional groups attached to an aromatic ring is 2. The van der Waals surface area contributed by atoms with E-state index in [1.165, 1.54) is 33.4 Å². The van der Waals surface area contributed by atoms with Crippen LogP contribution in [0.2, 0.25) is 10.0 Å². The summed E-state index contributed by atoms with van der Waals surface area (Å²) in [5.41, 5.74) is 21.7. The highest BCUT2D eigenvalue weighted by Gasteiger charge is 2.19. The summed E-state index contributed by atoms with van der Waals surface area (Å²) in [6.07, 6.45) is 9.02. The molecule has 4 N–H and O–H groups in total. The molecule has 0 aliphatic heterocycles. The number of nitrogens with two attached hydrogens (primary N) is 2. The standard InChI is InChI=1S/C25H36Cl2N2/c1-5-9-18-16(14-22(28)24(26)20(18)11-7-3)13-17-15-23(29)25(27)21(12-8-4)19(17)10-6-2/h14-15H,5-13,28-29H2,1-4H3. The molecule has 29 heavy (non-hydrogen) atoms. The van der Waals surface area contributed by atoms with Crippen LogP contribution in [0.15, 0.2) is 12.1 Å². The Morgan fingerprint density at radius 3 is 1.21 bits per heavy atom. The molecular weight excluding hydrogens is 399 g/mol. The van der Waals surface area contributed by atoms with Crippen molar-refractivity contribution in [2.24, 2.45) is 0 Å². The SMILES string of the molecule is CCCc1c(Cc2cc(N)c(Cl)c(CCC)c2CCC)cc(N)c(Cl)c1CCC. The van der Waals surface area contributed by atoms with E-state index in [1.807, 2.05) is 0 Å². The Kier molecular flexibility index (Phi) is 9.17. The van der Waals surface area contributed by atoms with Crippen molar-refractivity contribution in [1.82, 2.24) is 0 Å². The fraction of sp³-hybridized carbons (Fsp3) is 0.520. The summed E-state index contributed by atoms with van der Waals surface area (Å²) >= 11 is 13.2. The molecule has 0 heterocycles. The van der Waals surface area contributed by atoms with Gasteiger partial charge in [-0.1, -0.05) is 76.6 Å². The fourth-order valence-corrected chi connectivity index (χ4v) is 4.87. The number of hydrogen-bond acceptors (Lipinski definition) is 2. The van der Waals surface area contributed by atoms with Gasteiger partial charge in [0.25, 0.3) is 0 Å².